The fourth-order valence-electron chi connectivity index (χ4n) is 2.12. The van der Waals surface area contributed by atoms with E-state index in [0.29, 0.717) is 11.0 Å². The van der Waals surface area contributed by atoms with Gasteiger partial charge in [0.2, 0.25) is 5.91 Å². The summed E-state index contributed by atoms with van der Waals surface area (Å²) in [6.07, 6.45) is 2.15. The van der Waals surface area contributed by atoms with Gasteiger partial charge in [0.25, 0.3) is 0 Å². The Kier molecular flexibility index (Phi) is 3.39. The van der Waals surface area contributed by atoms with Crippen molar-refractivity contribution in [3.05, 3.63) is 59.4 Å². The van der Waals surface area contributed by atoms with Gasteiger partial charge in [-0.25, -0.2) is 4.98 Å². The highest BCUT2D eigenvalue weighted by atomic mass is 35.5. The molecule has 100 valence electrons. The number of benzene rings is 1. The zero-order valence-electron chi connectivity index (χ0n) is 10.6. The van der Waals surface area contributed by atoms with E-state index in [2.05, 4.69) is 15.3 Å². The molecule has 1 amide bonds. The maximum Gasteiger partial charge on any atom is 0.230 e. The van der Waals surface area contributed by atoms with Crippen LogP contribution in [0.15, 0.2) is 48.7 Å². The van der Waals surface area contributed by atoms with Gasteiger partial charge in [-0.15, -0.1) is 0 Å². The van der Waals surface area contributed by atoms with E-state index >= 15 is 0 Å². The van der Waals surface area contributed by atoms with Crippen molar-refractivity contribution in [3.63, 3.8) is 0 Å². The molecule has 0 radical (unpaired) electrons. The largest absolute Gasteiger partial charge is 0.361 e. The number of carbonyl (C=O) groups excluding carboxylic acids is 1. The fraction of sp³-hybridized carbons (Fsp3) is 0.0667. The van der Waals surface area contributed by atoms with E-state index in [0.717, 1.165) is 16.5 Å². The van der Waals surface area contributed by atoms with Crippen LogP contribution in [0.2, 0.25) is 5.15 Å². The van der Waals surface area contributed by atoms with Crippen LogP contribution in [0.1, 0.15) is 5.56 Å². The lowest BCUT2D eigenvalue weighted by Gasteiger charge is -2.04. The minimum Gasteiger partial charge on any atom is -0.361 e. The van der Waals surface area contributed by atoms with E-state index in [1.165, 1.54) is 0 Å². The molecule has 0 fully saturated rings. The van der Waals surface area contributed by atoms with Gasteiger partial charge >= 0.3 is 0 Å². The van der Waals surface area contributed by atoms with Crippen molar-refractivity contribution < 1.29 is 4.79 Å². The number of H-pyrrole nitrogens is 1. The highest BCUT2D eigenvalue weighted by molar-refractivity contribution is 6.29. The van der Waals surface area contributed by atoms with Crippen LogP contribution in [0.25, 0.3) is 10.9 Å². The summed E-state index contributed by atoms with van der Waals surface area (Å²) in [5, 5.41) is 4.15. The van der Waals surface area contributed by atoms with Crippen LogP contribution in [0, 0.1) is 0 Å². The molecule has 20 heavy (non-hydrogen) atoms. The lowest BCUT2D eigenvalue weighted by molar-refractivity contribution is -0.115. The molecule has 5 heteroatoms. The summed E-state index contributed by atoms with van der Waals surface area (Å²) < 4.78 is 0. The topological polar surface area (TPSA) is 57.8 Å². The van der Waals surface area contributed by atoms with Gasteiger partial charge in [-0.05, 0) is 23.8 Å². The zero-order chi connectivity index (χ0) is 13.9. The Morgan fingerprint density at radius 2 is 2.05 bits per heavy atom. The summed E-state index contributed by atoms with van der Waals surface area (Å²) in [7, 11) is 0. The molecule has 4 nitrogen and oxygen atoms in total. The molecule has 0 bridgehead atoms. The minimum absolute atomic E-state index is 0.121. The second kappa shape index (κ2) is 5.35. The van der Waals surface area contributed by atoms with E-state index in [4.69, 9.17) is 11.6 Å². The fourth-order valence-corrected chi connectivity index (χ4v) is 2.28. The Labute approximate surface area is 120 Å². The first kappa shape index (κ1) is 12.7. The summed E-state index contributed by atoms with van der Waals surface area (Å²) in [5.74, 6) is 0.340. The standard InChI is InChI=1S/C15H12ClN3O/c16-13-6-3-7-14(18-13)19-15(20)8-10-9-17-12-5-2-1-4-11(10)12/h1-7,9,17H,8H2,(H,18,19,20). The molecule has 3 rings (SSSR count). The quantitative estimate of drug-likeness (QED) is 0.725. The molecule has 0 aliphatic heterocycles. The number of amides is 1. The van der Waals surface area contributed by atoms with Crippen molar-refractivity contribution in [2.75, 3.05) is 5.32 Å². The average Bonchev–Trinajstić information content (AvgIpc) is 2.82. The van der Waals surface area contributed by atoms with Crippen LogP contribution in [0.4, 0.5) is 5.82 Å². The Hall–Kier alpha value is -2.33. The number of fused-ring (bicyclic) bond motifs is 1. The Balaban J connectivity index is 1.76. The van der Waals surface area contributed by atoms with Crippen molar-refractivity contribution in [3.8, 4) is 0 Å². The summed E-state index contributed by atoms with van der Waals surface area (Å²) in [5.41, 5.74) is 1.98. The number of para-hydroxylation sites is 1. The van der Waals surface area contributed by atoms with Crippen molar-refractivity contribution in [2.24, 2.45) is 0 Å². The third-order valence-corrected chi connectivity index (χ3v) is 3.22. The maximum atomic E-state index is 12.0. The molecule has 0 unspecified atom stereocenters. The molecule has 2 N–H and O–H groups in total. The Bertz CT molecular complexity index is 766. The van der Waals surface area contributed by atoms with Gasteiger partial charge in [0.05, 0.1) is 6.42 Å². The summed E-state index contributed by atoms with van der Waals surface area (Å²) >= 11 is 5.78. The number of aromatic nitrogens is 2. The van der Waals surface area contributed by atoms with Crippen LogP contribution in [0.5, 0.6) is 0 Å². The average molecular weight is 286 g/mol. The lowest BCUT2D eigenvalue weighted by Crippen LogP contribution is -2.15. The first-order valence-corrected chi connectivity index (χ1v) is 6.57. The van der Waals surface area contributed by atoms with E-state index in [-0.39, 0.29) is 12.3 Å². The second-order valence-corrected chi connectivity index (χ2v) is 4.82. The molecule has 0 aliphatic rings. The molecule has 2 heterocycles. The number of aromatic amines is 1. The molecular weight excluding hydrogens is 274 g/mol. The first-order valence-electron chi connectivity index (χ1n) is 6.20. The lowest BCUT2D eigenvalue weighted by atomic mass is 10.1. The van der Waals surface area contributed by atoms with Gasteiger partial charge in [-0.1, -0.05) is 35.9 Å². The van der Waals surface area contributed by atoms with Gasteiger partial charge in [0.15, 0.2) is 0 Å². The van der Waals surface area contributed by atoms with Gasteiger partial charge in [-0.3, -0.25) is 4.79 Å². The highest BCUT2D eigenvalue weighted by Crippen LogP contribution is 2.18. The Morgan fingerprint density at radius 3 is 2.90 bits per heavy atom. The number of carbonyl (C=O) groups is 1. The molecule has 0 spiro atoms. The number of hydrogen-bond acceptors (Lipinski definition) is 2. The predicted molar refractivity (Wildman–Crippen MR) is 79.9 cm³/mol. The summed E-state index contributed by atoms with van der Waals surface area (Å²) in [4.78, 5) is 19.2. The van der Waals surface area contributed by atoms with Gasteiger partial charge in [-0.2, -0.15) is 0 Å². The first-order chi connectivity index (χ1) is 9.72. The smallest absolute Gasteiger partial charge is 0.230 e. The third-order valence-electron chi connectivity index (χ3n) is 3.01. The SMILES string of the molecule is O=C(Cc1c[nH]c2ccccc12)Nc1cccc(Cl)n1. The number of pyridine rings is 1. The Morgan fingerprint density at radius 1 is 1.20 bits per heavy atom. The molecule has 0 atom stereocenters. The van der Waals surface area contributed by atoms with Crippen molar-refractivity contribution >= 4 is 34.2 Å². The number of hydrogen-bond donors (Lipinski definition) is 2. The molecule has 3 aromatic rings. The molecule has 0 saturated heterocycles. The van der Waals surface area contributed by atoms with Crippen molar-refractivity contribution in [1.29, 1.82) is 0 Å². The van der Waals surface area contributed by atoms with Crippen molar-refractivity contribution in [2.45, 2.75) is 6.42 Å². The normalized spacial score (nSPS) is 10.7. The second-order valence-electron chi connectivity index (χ2n) is 4.43. The van der Waals surface area contributed by atoms with Crippen LogP contribution in [-0.2, 0) is 11.2 Å². The number of nitrogens with zero attached hydrogens (tertiary/aromatic N) is 1. The predicted octanol–water partition coefficient (Wildman–Crippen LogP) is 3.40. The van der Waals surface area contributed by atoms with E-state index in [1.54, 1.807) is 18.2 Å². The van der Waals surface area contributed by atoms with E-state index < -0.39 is 0 Å². The van der Waals surface area contributed by atoms with Gasteiger partial charge in [0.1, 0.15) is 11.0 Å². The monoisotopic (exact) mass is 285 g/mol. The van der Waals surface area contributed by atoms with Crippen LogP contribution < -0.4 is 5.32 Å². The van der Waals surface area contributed by atoms with Gasteiger partial charge < -0.3 is 10.3 Å². The van der Waals surface area contributed by atoms with E-state index in [9.17, 15) is 4.79 Å². The van der Waals surface area contributed by atoms with E-state index in [1.807, 2.05) is 30.5 Å². The highest BCUT2D eigenvalue weighted by Gasteiger charge is 2.09. The summed E-state index contributed by atoms with van der Waals surface area (Å²) in [6, 6.07) is 13.0. The number of halogens is 1. The van der Waals surface area contributed by atoms with Crippen molar-refractivity contribution in [1.82, 2.24) is 9.97 Å². The van der Waals surface area contributed by atoms with Crippen LogP contribution in [-0.4, -0.2) is 15.9 Å². The minimum atomic E-state index is -0.121. The third kappa shape index (κ3) is 2.65. The molecule has 1 aromatic carbocycles. The molecule has 0 aliphatic carbocycles. The summed E-state index contributed by atoms with van der Waals surface area (Å²) in [6.45, 7) is 0. The van der Waals surface area contributed by atoms with Gasteiger partial charge in [0, 0.05) is 17.1 Å². The molecular formula is C15H12ClN3O. The molecule has 2 aromatic heterocycles. The van der Waals surface area contributed by atoms with Crippen LogP contribution in [0.3, 0.4) is 0 Å². The molecule has 0 saturated carbocycles. The number of anilines is 1. The number of rotatable bonds is 3. The van der Waals surface area contributed by atoms with Crippen LogP contribution >= 0.6 is 11.6 Å². The zero-order valence-corrected chi connectivity index (χ0v) is 11.3. The number of nitrogens with one attached hydrogen (secondary N) is 2. The maximum absolute atomic E-state index is 12.0.